The molecular formula is C15H20N4. The topological polar surface area (TPSA) is 42.7 Å². The Balaban J connectivity index is 1.69. The highest BCUT2D eigenvalue weighted by Gasteiger charge is 2.29. The summed E-state index contributed by atoms with van der Waals surface area (Å²) in [7, 11) is 0. The average molecular weight is 256 g/mol. The minimum atomic E-state index is 0.358. The molecule has 19 heavy (non-hydrogen) atoms. The predicted molar refractivity (Wildman–Crippen MR) is 74.7 cm³/mol. The lowest BCUT2D eigenvalue weighted by Gasteiger charge is -2.26. The van der Waals surface area contributed by atoms with Crippen molar-refractivity contribution in [1.29, 1.82) is 0 Å². The van der Waals surface area contributed by atoms with Crippen LogP contribution in [0.5, 0.6) is 0 Å². The monoisotopic (exact) mass is 256 g/mol. The van der Waals surface area contributed by atoms with Crippen molar-refractivity contribution in [2.24, 2.45) is 0 Å². The summed E-state index contributed by atoms with van der Waals surface area (Å²) in [6, 6.07) is 5.58. The fourth-order valence-electron chi connectivity index (χ4n) is 3.03. The second-order valence-electron chi connectivity index (χ2n) is 5.28. The van der Waals surface area contributed by atoms with E-state index in [1.807, 2.05) is 24.9 Å². The van der Waals surface area contributed by atoms with Gasteiger partial charge in [-0.2, -0.15) is 0 Å². The first kappa shape index (κ1) is 12.4. The second kappa shape index (κ2) is 5.53. The quantitative estimate of drug-likeness (QED) is 0.914. The molecule has 4 heteroatoms. The van der Waals surface area contributed by atoms with E-state index in [0.29, 0.717) is 18.1 Å². The van der Waals surface area contributed by atoms with Gasteiger partial charge in [-0.3, -0.25) is 4.98 Å². The van der Waals surface area contributed by atoms with Crippen LogP contribution in [0.4, 0.5) is 0 Å². The predicted octanol–water partition coefficient (Wildman–Crippen LogP) is 2.72. The molecule has 1 N–H and O–H groups in total. The zero-order chi connectivity index (χ0) is 13.1. The standard InChI is InChI=1S/C15H20N4/c1-12(13-5-7-16-8-6-13)18-14-3-2-4-15(14)19-10-9-17-11-19/h5-12,14-15,18H,2-4H2,1H3. The lowest BCUT2D eigenvalue weighted by Crippen LogP contribution is -2.35. The molecule has 1 saturated carbocycles. The molecule has 2 heterocycles. The molecule has 1 fully saturated rings. The normalized spacial score (nSPS) is 24.5. The maximum absolute atomic E-state index is 4.17. The SMILES string of the molecule is CC(NC1CCCC1n1ccnc1)c1ccncc1. The molecule has 3 rings (SSSR count). The highest BCUT2D eigenvalue weighted by atomic mass is 15.1. The summed E-state index contributed by atoms with van der Waals surface area (Å²) in [5.41, 5.74) is 1.30. The first-order valence-electron chi connectivity index (χ1n) is 6.98. The molecule has 1 aliphatic carbocycles. The number of nitrogens with zero attached hydrogens (tertiary/aromatic N) is 3. The summed E-state index contributed by atoms with van der Waals surface area (Å²) < 4.78 is 2.24. The molecule has 3 unspecified atom stereocenters. The van der Waals surface area contributed by atoms with Gasteiger partial charge in [0.15, 0.2) is 0 Å². The van der Waals surface area contributed by atoms with E-state index in [4.69, 9.17) is 0 Å². The zero-order valence-corrected chi connectivity index (χ0v) is 11.2. The summed E-state index contributed by atoms with van der Waals surface area (Å²) >= 11 is 0. The third-order valence-electron chi connectivity index (χ3n) is 4.06. The van der Waals surface area contributed by atoms with E-state index in [-0.39, 0.29) is 0 Å². The van der Waals surface area contributed by atoms with Crippen LogP contribution in [0.25, 0.3) is 0 Å². The Hall–Kier alpha value is -1.68. The largest absolute Gasteiger partial charge is 0.333 e. The number of hydrogen-bond acceptors (Lipinski definition) is 3. The molecule has 100 valence electrons. The van der Waals surface area contributed by atoms with Crippen LogP contribution in [0.15, 0.2) is 43.2 Å². The Morgan fingerprint density at radius 2 is 2.05 bits per heavy atom. The maximum atomic E-state index is 4.17. The molecule has 0 amide bonds. The van der Waals surface area contributed by atoms with Gasteiger partial charge in [0.2, 0.25) is 0 Å². The zero-order valence-electron chi connectivity index (χ0n) is 11.2. The van der Waals surface area contributed by atoms with E-state index in [2.05, 4.69) is 45.1 Å². The van der Waals surface area contributed by atoms with Crippen molar-refractivity contribution in [1.82, 2.24) is 19.9 Å². The number of hydrogen-bond donors (Lipinski definition) is 1. The number of aromatic nitrogens is 3. The van der Waals surface area contributed by atoms with Crippen LogP contribution < -0.4 is 5.32 Å². The summed E-state index contributed by atoms with van der Waals surface area (Å²) in [4.78, 5) is 8.24. The third-order valence-corrected chi connectivity index (χ3v) is 4.06. The Morgan fingerprint density at radius 3 is 2.79 bits per heavy atom. The van der Waals surface area contributed by atoms with Crippen molar-refractivity contribution in [3.8, 4) is 0 Å². The molecule has 1 aliphatic rings. The fourth-order valence-corrected chi connectivity index (χ4v) is 3.03. The number of pyridine rings is 1. The van der Waals surface area contributed by atoms with E-state index in [1.165, 1.54) is 24.8 Å². The molecule has 0 saturated heterocycles. The lowest BCUT2D eigenvalue weighted by molar-refractivity contribution is 0.362. The molecule has 0 bridgehead atoms. The highest BCUT2D eigenvalue weighted by molar-refractivity contribution is 5.14. The first-order valence-corrected chi connectivity index (χ1v) is 6.98. The summed E-state index contributed by atoms with van der Waals surface area (Å²) in [5.74, 6) is 0. The van der Waals surface area contributed by atoms with Gasteiger partial charge in [0, 0.05) is 42.9 Å². The Kier molecular flexibility index (Phi) is 3.60. The molecule has 0 radical (unpaired) electrons. The van der Waals surface area contributed by atoms with Crippen LogP contribution in [0.2, 0.25) is 0 Å². The van der Waals surface area contributed by atoms with Crippen LogP contribution >= 0.6 is 0 Å². The van der Waals surface area contributed by atoms with E-state index in [9.17, 15) is 0 Å². The smallest absolute Gasteiger partial charge is 0.0949 e. The highest BCUT2D eigenvalue weighted by Crippen LogP contribution is 2.31. The van der Waals surface area contributed by atoms with Gasteiger partial charge < -0.3 is 9.88 Å². The molecule has 3 atom stereocenters. The second-order valence-corrected chi connectivity index (χ2v) is 5.28. The van der Waals surface area contributed by atoms with Gasteiger partial charge in [-0.1, -0.05) is 0 Å². The van der Waals surface area contributed by atoms with Gasteiger partial charge in [-0.05, 0) is 43.9 Å². The van der Waals surface area contributed by atoms with Crippen LogP contribution in [0, 0.1) is 0 Å². The van der Waals surface area contributed by atoms with E-state index in [1.54, 1.807) is 0 Å². The number of nitrogens with one attached hydrogen (secondary N) is 1. The fraction of sp³-hybridized carbons (Fsp3) is 0.467. The van der Waals surface area contributed by atoms with Gasteiger partial charge in [0.1, 0.15) is 0 Å². The minimum Gasteiger partial charge on any atom is -0.333 e. The van der Waals surface area contributed by atoms with Gasteiger partial charge in [0.25, 0.3) is 0 Å². The van der Waals surface area contributed by atoms with Gasteiger partial charge in [-0.15, -0.1) is 0 Å². The van der Waals surface area contributed by atoms with Crippen molar-refractivity contribution in [2.75, 3.05) is 0 Å². The lowest BCUT2D eigenvalue weighted by atomic mass is 10.1. The summed E-state index contributed by atoms with van der Waals surface area (Å²) in [5, 5.41) is 3.76. The van der Waals surface area contributed by atoms with E-state index < -0.39 is 0 Å². The van der Waals surface area contributed by atoms with Crippen molar-refractivity contribution >= 4 is 0 Å². The molecule has 0 spiro atoms. The molecule has 2 aromatic rings. The van der Waals surface area contributed by atoms with Crippen LogP contribution in [0.1, 0.15) is 43.8 Å². The number of imidazole rings is 1. The molecule has 4 nitrogen and oxygen atoms in total. The van der Waals surface area contributed by atoms with Gasteiger partial charge in [-0.25, -0.2) is 4.98 Å². The van der Waals surface area contributed by atoms with Gasteiger partial charge in [0.05, 0.1) is 6.33 Å². The number of rotatable bonds is 4. The molecule has 0 aromatic carbocycles. The van der Waals surface area contributed by atoms with Crippen LogP contribution in [-0.4, -0.2) is 20.6 Å². The molecular weight excluding hydrogens is 236 g/mol. The van der Waals surface area contributed by atoms with E-state index >= 15 is 0 Å². The Morgan fingerprint density at radius 1 is 1.21 bits per heavy atom. The molecule has 0 aliphatic heterocycles. The Labute approximate surface area is 113 Å². The summed E-state index contributed by atoms with van der Waals surface area (Å²) in [6.45, 7) is 2.22. The first-order chi connectivity index (χ1) is 9.34. The Bertz CT molecular complexity index is 494. The third kappa shape index (κ3) is 2.68. The average Bonchev–Trinajstić information content (AvgIpc) is 3.10. The van der Waals surface area contributed by atoms with Crippen LogP contribution in [-0.2, 0) is 0 Å². The summed E-state index contributed by atoms with van der Waals surface area (Å²) in [6.07, 6.45) is 13.3. The minimum absolute atomic E-state index is 0.358. The van der Waals surface area contributed by atoms with Crippen molar-refractivity contribution in [3.05, 3.63) is 48.8 Å². The molecule has 2 aromatic heterocycles. The van der Waals surface area contributed by atoms with Crippen molar-refractivity contribution in [3.63, 3.8) is 0 Å². The van der Waals surface area contributed by atoms with Crippen molar-refractivity contribution in [2.45, 2.75) is 44.3 Å². The van der Waals surface area contributed by atoms with Crippen molar-refractivity contribution < 1.29 is 0 Å². The van der Waals surface area contributed by atoms with Gasteiger partial charge >= 0.3 is 0 Å². The maximum Gasteiger partial charge on any atom is 0.0949 e. The van der Waals surface area contributed by atoms with E-state index in [0.717, 1.165) is 0 Å². The van der Waals surface area contributed by atoms with Crippen LogP contribution in [0.3, 0.4) is 0 Å².